The topological polar surface area (TPSA) is 133 Å². The summed E-state index contributed by atoms with van der Waals surface area (Å²) in [4.78, 5) is 25.5. The molecular weight excluding hydrogens is 830 g/mol. The van der Waals surface area contributed by atoms with Gasteiger partial charge in [-0.1, -0.05) is 82.3 Å². The van der Waals surface area contributed by atoms with E-state index in [1.165, 1.54) is 6.92 Å². The molecule has 3 aliphatic rings. The Hall–Kier alpha value is -1.07. The van der Waals surface area contributed by atoms with Gasteiger partial charge in [0.15, 0.2) is 8.32 Å². The Kier molecular flexibility index (Phi) is 16.6. The maximum Gasteiger partial charge on any atom is 0.486 e. The van der Waals surface area contributed by atoms with Crippen molar-refractivity contribution in [1.29, 1.82) is 0 Å². The molecule has 2 unspecified atom stereocenters. The van der Waals surface area contributed by atoms with E-state index in [-0.39, 0.29) is 65.4 Å². The third-order valence-corrected chi connectivity index (χ3v) is 18.2. The summed E-state index contributed by atoms with van der Waals surface area (Å²) in [7, 11) is -3.06. The fourth-order valence-electron chi connectivity index (χ4n) is 7.76. The van der Waals surface area contributed by atoms with Crippen LogP contribution in [-0.4, -0.2) is 91.0 Å². The number of rotatable bonds is 14. The zero-order chi connectivity index (χ0) is 41.9. The average molecular weight is 903 g/mol. The van der Waals surface area contributed by atoms with Gasteiger partial charge < -0.3 is 38.2 Å². The van der Waals surface area contributed by atoms with E-state index in [9.17, 15) is 19.8 Å². The number of aliphatic hydroxyl groups excluding tert-OH is 1. The maximum atomic E-state index is 13.5. The van der Waals surface area contributed by atoms with Gasteiger partial charge in [-0.3, -0.25) is 9.59 Å². The second-order valence-corrected chi connectivity index (χ2v) is 24.4. The number of halogens is 1. The Labute approximate surface area is 347 Å². The molecule has 0 aromatic rings. The molecule has 2 saturated heterocycles. The molecule has 10 nitrogen and oxygen atoms in total. The predicted molar refractivity (Wildman–Crippen MR) is 229 cm³/mol. The van der Waals surface area contributed by atoms with E-state index < -0.39 is 50.6 Å². The molecular formula is C42H72BIO10Si. The van der Waals surface area contributed by atoms with Crippen molar-refractivity contribution in [2.45, 2.75) is 194 Å². The number of carbonyl (C=O) groups excluding carboxylic acids is 2. The highest BCUT2D eigenvalue weighted by molar-refractivity contribution is 14.1. The fourth-order valence-corrected chi connectivity index (χ4v) is 10.3. The number of esters is 2. The van der Waals surface area contributed by atoms with Crippen LogP contribution >= 0.6 is 22.6 Å². The first kappa shape index (κ1) is 48.3. The van der Waals surface area contributed by atoms with Gasteiger partial charge in [0.25, 0.3) is 0 Å². The second-order valence-electron chi connectivity index (χ2n) is 19.2. The number of hydrogen-bond donors (Lipinski definition) is 2. The lowest BCUT2D eigenvalue weighted by Gasteiger charge is -2.44. The second kappa shape index (κ2) is 18.9. The van der Waals surface area contributed by atoms with E-state index in [4.69, 9.17) is 27.9 Å². The highest BCUT2D eigenvalue weighted by Crippen LogP contribution is 2.47. The Balaban J connectivity index is 1.66. The van der Waals surface area contributed by atoms with Crippen molar-refractivity contribution in [1.82, 2.24) is 0 Å². The quantitative estimate of drug-likeness (QED) is 0.0574. The highest BCUT2D eigenvalue weighted by atomic mass is 127. The highest BCUT2D eigenvalue weighted by Gasteiger charge is 2.52. The van der Waals surface area contributed by atoms with Crippen molar-refractivity contribution >= 4 is 50.0 Å². The molecule has 2 N–H and O–H groups in total. The first-order valence-corrected chi connectivity index (χ1v) is 24.4. The molecule has 0 bridgehead atoms. The van der Waals surface area contributed by atoms with Crippen molar-refractivity contribution in [2.75, 3.05) is 0 Å². The van der Waals surface area contributed by atoms with E-state index in [1.54, 1.807) is 19.0 Å². The van der Waals surface area contributed by atoms with Crippen LogP contribution in [0.2, 0.25) is 18.1 Å². The monoisotopic (exact) mass is 902 g/mol. The molecule has 2 fully saturated rings. The zero-order valence-corrected chi connectivity index (χ0v) is 39.5. The molecule has 3 aliphatic heterocycles. The van der Waals surface area contributed by atoms with Crippen molar-refractivity contribution in [3.8, 4) is 0 Å². The maximum absolute atomic E-state index is 13.5. The lowest BCUT2D eigenvalue weighted by atomic mass is 9.83. The Morgan fingerprint density at radius 1 is 1.09 bits per heavy atom. The van der Waals surface area contributed by atoms with Gasteiger partial charge in [-0.2, -0.15) is 0 Å². The lowest BCUT2D eigenvalue weighted by molar-refractivity contribution is -0.151. The van der Waals surface area contributed by atoms with Crippen LogP contribution in [0.15, 0.2) is 33.9 Å². The van der Waals surface area contributed by atoms with Gasteiger partial charge in [0.2, 0.25) is 0 Å². The molecule has 0 saturated carbocycles. The van der Waals surface area contributed by atoms with Crippen LogP contribution in [0.1, 0.15) is 122 Å². The number of ether oxygens (including phenoxy) is 3. The standard InChI is InChI=1S/C42H72BIO10Si/c1-26-16-18-32(22-35(46)51-37(29(4)25-44)27(2)17-19-33(26)49-31(6)45)52-55(14,15)39(7,8)23-28(3)36(47)30(5)38-34(50-38)24-42(13,48)20-21-43-53-40(9,10)41(11,12)54-43/h17,19-21,25-28,30,32-34,36-38,47-48H,16,18,22-24H2,1-15H3/b19-17+,21-20+,29-25+/t26-,27-,28?,30+,32+,33-,34+,36-,37-,38+,42?/m0/s1. The predicted octanol–water partition coefficient (Wildman–Crippen LogP) is 8.67. The minimum atomic E-state index is -2.52. The summed E-state index contributed by atoms with van der Waals surface area (Å²) >= 11 is 2.17. The van der Waals surface area contributed by atoms with Crippen LogP contribution in [0.3, 0.4) is 0 Å². The van der Waals surface area contributed by atoms with Gasteiger partial charge >= 0.3 is 19.1 Å². The van der Waals surface area contributed by atoms with Crippen LogP contribution in [0.5, 0.6) is 0 Å². The minimum Gasteiger partial charge on any atom is -0.458 e. The molecule has 55 heavy (non-hydrogen) atoms. The van der Waals surface area contributed by atoms with Crippen LogP contribution in [0.25, 0.3) is 0 Å². The average Bonchev–Trinajstić information content (AvgIpc) is 3.77. The van der Waals surface area contributed by atoms with Crippen LogP contribution < -0.4 is 0 Å². The largest absolute Gasteiger partial charge is 0.486 e. The van der Waals surface area contributed by atoms with E-state index in [1.807, 2.05) is 64.7 Å². The molecule has 0 radical (unpaired) electrons. The van der Waals surface area contributed by atoms with Gasteiger partial charge in [-0.15, -0.1) is 0 Å². The van der Waals surface area contributed by atoms with Gasteiger partial charge in [0, 0.05) is 25.2 Å². The number of cyclic esters (lactones) is 1. The summed E-state index contributed by atoms with van der Waals surface area (Å²) in [6.45, 7) is 30.1. The number of epoxide rings is 1. The smallest absolute Gasteiger partial charge is 0.458 e. The summed E-state index contributed by atoms with van der Waals surface area (Å²) in [5.74, 6) is 0.856. The van der Waals surface area contributed by atoms with Crippen LogP contribution in [-0.2, 0) is 37.5 Å². The summed E-state index contributed by atoms with van der Waals surface area (Å²) in [5, 5.41) is 22.6. The summed E-state index contributed by atoms with van der Waals surface area (Å²) < 4.78 is 38.9. The van der Waals surface area contributed by atoms with E-state index in [0.29, 0.717) is 19.3 Å². The molecule has 314 valence electrons. The lowest BCUT2D eigenvalue weighted by Crippen LogP contribution is -2.47. The summed E-state index contributed by atoms with van der Waals surface area (Å²) in [5.41, 5.74) is -1.10. The summed E-state index contributed by atoms with van der Waals surface area (Å²) in [6, 6.07) is 0. The molecule has 0 aromatic carbocycles. The van der Waals surface area contributed by atoms with Gasteiger partial charge in [-0.25, -0.2) is 0 Å². The molecule has 3 heterocycles. The van der Waals surface area contributed by atoms with E-state index in [0.717, 1.165) is 12.0 Å². The zero-order valence-electron chi connectivity index (χ0n) is 36.3. The van der Waals surface area contributed by atoms with Crippen molar-refractivity contribution in [3.63, 3.8) is 0 Å². The van der Waals surface area contributed by atoms with Crippen molar-refractivity contribution in [2.24, 2.45) is 23.7 Å². The molecule has 11 atom stereocenters. The molecule has 0 aromatic heterocycles. The van der Waals surface area contributed by atoms with Gasteiger partial charge in [0.05, 0.1) is 47.6 Å². The first-order valence-electron chi connectivity index (χ1n) is 20.2. The van der Waals surface area contributed by atoms with E-state index >= 15 is 0 Å². The molecule has 0 amide bonds. The van der Waals surface area contributed by atoms with Gasteiger partial charge in [-0.05, 0) is 107 Å². The molecule has 3 rings (SSSR count). The number of aliphatic hydroxyl groups is 2. The number of hydrogen-bond acceptors (Lipinski definition) is 10. The molecule has 0 spiro atoms. The minimum absolute atomic E-state index is 0.0198. The van der Waals surface area contributed by atoms with Crippen LogP contribution in [0.4, 0.5) is 0 Å². The van der Waals surface area contributed by atoms with Crippen LogP contribution in [0, 0.1) is 23.7 Å². The Morgan fingerprint density at radius 3 is 2.25 bits per heavy atom. The molecule has 0 aliphatic carbocycles. The fraction of sp³-hybridized carbons (Fsp3) is 0.810. The van der Waals surface area contributed by atoms with Crippen molar-refractivity contribution < 1.29 is 47.7 Å². The summed E-state index contributed by atoms with van der Waals surface area (Å²) in [6.07, 6.45) is 6.03. The Morgan fingerprint density at radius 2 is 1.69 bits per heavy atom. The third-order valence-electron chi connectivity index (χ3n) is 12.8. The van der Waals surface area contributed by atoms with Gasteiger partial charge in [0.1, 0.15) is 12.2 Å². The Bertz CT molecular complexity index is 1390. The third kappa shape index (κ3) is 13.2. The van der Waals surface area contributed by atoms with E-state index in [2.05, 4.69) is 63.4 Å². The normalized spacial score (nSPS) is 32.8. The SMILES string of the molecule is CC(=O)O[C@H]1/C=C/[C@H](C)[C@@H](/C(C)=C/I)OC(=O)C[C@H](O[Si](C)(C)C(C)(C)CC(C)[C@H](O)[C@@H](C)[C@H]2O[C@@H]2CC(C)(O)/C=C/B2OC(C)(C)C(C)(C)O2)CC[C@@H]1C. The molecule has 13 heteroatoms. The number of carbonyl (C=O) groups is 2. The van der Waals surface area contributed by atoms with Crippen molar-refractivity contribution in [3.05, 3.63) is 33.9 Å². The first-order chi connectivity index (χ1) is 25.1.